The molecule has 1 aliphatic rings. The van der Waals surface area contributed by atoms with E-state index in [0.29, 0.717) is 22.6 Å². The summed E-state index contributed by atoms with van der Waals surface area (Å²) >= 11 is 0. The summed E-state index contributed by atoms with van der Waals surface area (Å²) in [6.45, 7) is -0.348. The van der Waals surface area contributed by atoms with E-state index in [1.54, 1.807) is 6.07 Å². The van der Waals surface area contributed by atoms with E-state index in [9.17, 15) is 18.4 Å². The fraction of sp³-hybridized carbons (Fsp3) is 0.0435. The van der Waals surface area contributed by atoms with Crippen LogP contribution in [0.1, 0.15) is 15.9 Å². The van der Waals surface area contributed by atoms with Gasteiger partial charge in [0.1, 0.15) is 23.1 Å². The summed E-state index contributed by atoms with van der Waals surface area (Å²) in [4.78, 5) is 24.5. The number of carbonyl (C=O) groups is 2. The van der Waals surface area contributed by atoms with Gasteiger partial charge >= 0.3 is 0 Å². The minimum absolute atomic E-state index is 0.0598. The molecule has 0 atom stereocenters. The zero-order valence-corrected chi connectivity index (χ0v) is 15.5. The van der Waals surface area contributed by atoms with E-state index >= 15 is 0 Å². The number of para-hydroxylation sites is 1. The van der Waals surface area contributed by atoms with Crippen molar-refractivity contribution >= 4 is 23.5 Å². The van der Waals surface area contributed by atoms with Crippen LogP contribution < -0.4 is 14.8 Å². The topological polar surface area (TPSA) is 64.6 Å². The first-order valence-corrected chi connectivity index (χ1v) is 9.00. The summed E-state index contributed by atoms with van der Waals surface area (Å²) in [6, 6.07) is 16.0. The summed E-state index contributed by atoms with van der Waals surface area (Å²) in [5.41, 5.74) is 1.03. The van der Waals surface area contributed by atoms with Crippen molar-refractivity contribution in [3.63, 3.8) is 0 Å². The number of nitrogens with one attached hydrogen (secondary N) is 1. The summed E-state index contributed by atoms with van der Waals surface area (Å²) in [5.74, 6) is -1.05. The van der Waals surface area contributed by atoms with Gasteiger partial charge < -0.3 is 14.8 Å². The van der Waals surface area contributed by atoms with Crippen LogP contribution in [0.2, 0.25) is 0 Å². The molecule has 150 valence electrons. The second-order valence-electron chi connectivity index (χ2n) is 6.47. The van der Waals surface area contributed by atoms with Gasteiger partial charge in [-0.05, 0) is 48.0 Å². The van der Waals surface area contributed by atoms with Gasteiger partial charge in [0.25, 0.3) is 5.91 Å². The van der Waals surface area contributed by atoms with E-state index in [1.165, 1.54) is 66.7 Å². The van der Waals surface area contributed by atoms with Gasteiger partial charge in [-0.1, -0.05) is 24.3 Å². The van der Waals surface area contributed by atoms with Gasteiger partial charge in [0.2, 0.25) is 5.78 Å². The highest BCUT2D eigenvalue weighted by atomic mass is 19.1. The predicted molar refractivity (Wildman–Crippen MR) is 106 cm³/mol. The van der Waals surface area contributed by atoms with Crippen LogP contribution in [0.4, 0.5) is 14.5 Å². The lowest BCUT2D eigenvalue weighted by molar-refractivity contribution is -0.118. The first-order valence-electron chi connectivity index (χ1n) is 9.00. The molecule has 0 fully saturated rings. The lowest BCUT2D eigenvalue weighted by atomic mass is 10.1. The molecular weight excluding hydrogens is 392 g/mol. The molecule has 0 aromatic heterocycles. The molecule has 1 aliphatic heterocycles. The third-order valence-electron chi connectivity index (χ3n) is 4.33. The number of fused-ring (bicyclic) bond motifs is 1. The Balaban J connectivity index is 1.42. The maximum absolute atomic E-state index is 13.6. The molecule has 0 unspecified atom stereocenters. The van der Waals surface area contributed by atoms with Gasteiger partial charge in [0.15, 0.2) is 12.4 Å². The second-order valence-corrected chi connectivity index (χ2v) is 6.47. The number of allylic oxidation sites excluding steroid dienone is 1. The number of rotatable bonds is 5. The molecule has 30 heavy (non-hydrogen) atoms. The van der Waals surface area contributed by atoms with Crippen molar-refractivity contribution in [3.05, 3.63) is 95.3 Å². The zero-order chi connectivity index (χ0) is 21.1. The van der Waals surface area contributed by atoms with Crippen molar-refractivity contribution in [2.45, 2.75) is 0 Å². The molecule has 0 saturated carbocycles. The molecule has 5 nitrogen and oxygen atoms in total. The minimum Gasteiger partial charge on any atom is -0.484 e. The van der Waals surface area contributed by atoms with Gasteiger partial charge in [0, 0.05) is 6.07 Å². The van der Waals surface area contributed by atoms with E-state index in [2.05, 4.69) is 5.32 Å². The Labute approximate surface area is 170 Å². The summed E-state index contributed by atoms with van der Waals surface area (Å²) < 4.78 is 37.6. The highest BCUT2D eigenvalue weighted by Crippen LogP contribution is 2.34. The number of hydrogen-bond acceptors (Lipinski definition) is 4. The number of carbonyl (C=O) groups excluding carboxylic acids is 2. The highest BCUT2D eigenvalue weighted by molar-refractivity contribution is 6.14. The lowest BCUT2D eigenvalue weighted by Gasteiger charge is -2.08. The molecule has 0 bridgehead atoms. The van der Waals surface area contributed by atoms with Crippen molar-refractivity contribution in [1.82, 2.24) is 0 Å². The number of ether oxygens (including phenoxy) is 2. The fourth-order valence-electron chi connectivity index (χ4n) is 2.87. The average Bonchev–Trinajstić information content (AvgIpc) is 3.04. The molecule has 0 aliphatic carbocycles. The molecule has 0 spiro atoms. The number of amides is 1. The zero-order valence-electron chi connectivity index (χ0n) is 15.5. The smallest absolute Gasteiger partial charge is 0.262 e. The second kappa shape index (κ2) is 8.16. The largest absolute Gasteiger partial charge is 0.484 e. The van der Waals surface area contributed by atoms with Crippen LogP contribution in [0.5, 0.6) is 11.5 Å². The van der Waals surface area contributed by atoms with E-state index in [0.717, 1.165) is 0 Å². The molecule has 4 rings (SSSR count). The Morgan fingerprint density at radius 3 is 2.57 bits per heavy atom. The van der Waals surface area contributed by atoms with Crippen molar-refractivity contribution < 1.29 is 27.8 Å². The normalized spacial score (nSPS) is 13.7. The Morgan fingerprint density at radius 2 is 1.80 bits per heavy atom. The number of Topliss-reactive ketones (excluding diaryl/α,β-unsaturated/α-hetero) is 1. The van der Waals surface area contributed by atoms with Crippen LogP contribution in [0, 0.1) is 11.6 Å². The number of halogens is 2. The third-order valence-corrected chi connectivity index (χ3v) is 4.33. The molecule has 1 heterocycles. The Morgan fingerprint density at radius 1 is 1.03 bits per heavy atom. The van der Waals surface area contributed by atoms with E-state index in [1.807, 2.05) is 0 Å². The first kappa shape index (κ1) is 19.3. The summed E-state index contributed by atoms with van der Waals surface area (Å²) in [7, 11) is 0. The summed E-state index contributed by atoms with van der Waals surface area (Å²) in [5, 5.41) is 2.42. The average molecular weight is 407 g/mol. The molecule has 7 heteroatoms. The van der Waals surface area contributed by atoms with Crippen molar-refractivity contribution in [2.75, 3.05) is 11.9 Å². The number of hydrogen-bond donors (Lipinski definition) is 1. The van der Waals surface area contributed by atoms with Crippen LogP contribution in [-0.4, -0.2) is 18.3 Å². The van der Waals surface area contributed by atoms with Crippen LogP contribution in [0.3, 0.4) is 0 Å². The number of anilines is 1. The van der Waals surface area contributed by atoms with Gasteiger partial charge in [-0.15, -0.1) is 0 Å². The predicted octanol–water partition coefficient (Wildman–Crippen LogP) is 4.60. The third kappa shape index (κ3) is 4.20. The lowest BCUT2D eigenvalue weighted by Crippen LogP contribution is -2.20. The monoisotopic (exact) mass is 407 g/mol. The quantitative estimate of drug-likeness (QED) is 0.628. The minimum atomic E-state index is -0.546. The Hall–Kier alpha value is -4.00. The van der Waals surface area contributed by atoms with Gasteiger partial charge in [-0.3, -0.25) is 9.59 Å². The highest BCUT2D eigenvalue weighted by Gasteiger charge is 2.27. The van der Waals surface area contributed by atoms with E-state index in [-0.39, 0.29) is 29.7 Å². The van der Waals surface area contributed by atoms with Crippen LogP contribution in [0.15, 0.2) is 72.5 Å². The molecule has 3 aromatic carbocycles. The number of ketones is 1. The first-order chi connectivity index (χ1) is 14.5. The summed E-state index contributed by atoms with van der Waals surface area (Å²) in [6.07, 6.45) is 1.52. The molecule has 1 amide bonds. The number of benzene rings is 3. The van der Waals surface area contributed by atoms with Crippen molar-refractivity contribution in [1.29, 1.82) is 0 Å². The van der Waals surface area contributed by atoms with Crippen LogP contribution in [0.25, 0.3) is 6.08 Å². The molecule has 3 aromatic rings. The Bertz CT molecular complexity index is 1160. The van der Waals surface area contributed by atoms with Gasteiger partial charge in [-0.2, -0.15) is 0 Å². The van der Waals surface area contributed by atoms with Gasteiger partial charge in [-0.25, -0.2) is 8.78 Å². The SMILES string of the molecule is O=C(COc1ccc2c(c1)OC(=Cc1ccc(F)cc1)C2=O)Nc1ccccc1F. The Kier molecular flexibility index (Phi) is 5.26. The standard InChI is InChI=1S/C23H15F2NO4/c24-15-7-5-14(6-8-15)11-21-23(28)17-10-9-16(12-20(17)30-21)29-13-22(27)26-19-4-2-1-3-18(19)25/h1-12H,13H2,(H,26,27). The molecule has 0 radical (unpaired) electrons. The van der Waals surface area contributed by atoms with E-state index < -0.39 is 11.7 Å². The van der Waals surface area contributed by atoms with Gasteiger partial charge in [0.05, 0.1) is 11.3 Å². The maximum atomic E-state index is 13.6. The fourth-order valence-corrected chi connectivity index (χ4v) is 2.87. The molecule has 1 N–H and O–H groups in total. The van der Waals surface area contributed by atoms with Crippen molar-refractivity contribution in [3.8, 4) is 11.5 Å². The van der Waals surface area contributed by atoms with E-state index in [4.69, 9.17) is 9.47 Å². The van der Waals surface area contributed by atoms with Crippen molar-refractivity contribution in [2.24, 2.45) is 0 Å². The van der Waals surface area contributed by atoms with Crippen LogP contribution in [-0.2, 0) is 4.79 Å². The molecular formula is C23H15F2NO4. The maximum Gasteiger partial charge on any atom is 0.262 e. The van der Waals surface area contributed by atoms with Crippen LogP contribution >= 0.6 is 0 Å². The molecule has 0 saturated heterocycles.